The molecule has 4 rings (SSSR count). The molecule has 2 aromatic rings. The molecule has 4 heterocycles. The Morgan fingerprint density at radius 3 is 3.09 bits per heavy atom. The Hall–Kier alpha value is -1.86. The molecule has 0 radical (unpaired) electrons. The number of hydrogen-bond acceptors (Lipinski definition) is 5. The van der Waals surface area contributed by atoms with Crippen molar-refractivity contribution in [2.45, 2.75) is 18.9 Å². The molecule has 0 spiro atoms. The summed E-state index contributed by atoms with van der Waals surface area (Å²) in [6.45, 7) is 2.65. The number of nitrogens with zero attached hydrogens (tertiary/aromatic N) is 4. The van der Waals surface area contributed by atoms with E-state index < -0.39 is 0 Å². The average Bonchev–Trinajstić information content (AvgIpc) is 2.99. The lowest BCUT2D eigenvalue weighted by Gasteiger charge is -2.34. The molecule has 0 unspecified atom stereocenters. The molecule has 6 nitrogen and oxygen atoms in total. The van der Waals surface area contributed by atoms with Crippen LogP contribution in [-0.2, 0) is 0 Å². The van der Waals surface area contributed by atoms with Gasteiger partial charge in [0.15, 0.2) is 0 Å². The minimum absolute atomic E-state index is 0.225. The highest BCUT2D eigenvalue weighted by molar-refractivity contribution is 9.10. The number of pyridine rings is 1. The highest BCUT2D eigenvalue weighted by Crippen LogP contribution is 2.40. The predicted molar refractivity (Wildman–Crippen MR) is 98.2 cm³/mol. The highest BCUT2D eigenvalue weighted by atomic mass is 79.9. The van der Waals surface area contributed by atoms with Crippen LogP contribution in [0.15, 0.2) is 34.3 Å². The van der Waals surface area contributed by atoms with Crippen molar-refractivity contribution in [3.8, 4) is 0 Å². The van der Waals surface area contributed by atoms with Crippen LogP contribution < -0.4 is 15.5 Å². The smallest absolute Gasteiger partial charge is 0.141 e. The fraction of sp³-hybridized carbons (Fsp3) is 0.375. The van der Waals surface area contributed by atoms with Crippen LogP contribution in [0.3, 0.4) is 0 Å². The second-order valence-electron chi connectivity index (χ2n) is 5.98. The first kappa shape index (κ1) is 14.7. The maximum atomic E-state index is 6.19. The minimum Gasteiger partial charge on any atom is -0.368 e. The Labute approximate surface area is 143 Å². The zero-order valence-electron chi connectivity index (χ0n) is 12.7. The molecule has 7 heteroatoms. The molecule has 1 atom stereocenters. The lowest BCUT2D eigenvalue weighted by Crippen LogP contribution is -2.43. The van der Waals surface area contributed by atoms with E-state index in [0.717, 1.165) is 53.7 Å². The fourth-order valence-electron chi connectivity index (χ4n) is 3.34. The molecule has 0 amide bonds. The number of aliphatic imine (C=N–C) groups is 1. The van der Waals surface area contributed by atoms with Crippen molar-refractivity contribution in [2.75, 3.05) is 29.4 Å². The van der Waals surface area contributed by atoms with Crippen LogP contribution in [0.1, 0.15) is 12.8 Å². The maximum absolute atomic E-state index is 6.19. The molecule has 1 saturated heterocycles. The van der Waals surface area contributed by atoms with Crippen molar-refractivity contribution < 1.29 is 0 Å². The van der Waals surface area contributed by atoms with Gasteiger partial charge in [-0.05, 0) is 28.8 Å². The van der Waals surface area contributed by atoms with Crippen molar-refractivity contribution in [3.05, 3.63) is 29.3 Å². The van der Waals surface area contributed by atoms with E-state index in [9.17, 15) is 0 Å². The second kappa shape index (κ2) is 5.98. The van der Waals surface area contributed by atoms with E-state index in [0.29, 0.717) is 0 Å². The number of aromatic nitrogens is 2. The Bertz CT molecular complexity index is 780. The van der Waals surface area contributed by atoms with Gasteiger partial charge >= 0.3 is 0 Å². The number of aromatic amines is 1. The third kappa shape index (κ3) is 2.64. The summed E-state index contributed by atoms with van der Waals surface area (Å²) in [7, 11) is 0. The molecule has 1 fully saturated rings. The van der Waals surface area contributed by atoms with Crippen LogP contribution in [0.2, 0.25) is 0 Å². The van der Waals surface area contributed by atoms with Crippen LogP contribution >= 0.6 is 15.9 Å². The summed E-state index contributed by atoms with van der Waals surface area (Å²) in [5.41, 5.74) is 9.38. The van der Waals surface area contributed by atoms with Crippen molar-refractivity contribution in [2.24, 2.45) is 10.7 Å². The van der Waals surface area contributed by atoms with E-state index in [4.69, 9.17) is 5.73 Å². The molecule has 2 aromatic heterocycles. The third-order valence-electron chi connectivity index (χ3n) is 4.41. The first-order chi connectivity index (χ1) is 11.2. The molecule has 2 aliphatic heterocycles. The minimum atomic E-state index is 0.225. The van der Waals surface area contributed by atoms with Gasteiger partial charge in [0.2, 0.25) is 0 Å². The van der Waals surface area contributed by atoms with Gasteiger partial charge in [-0.3, -0.25) is 4.99 Å². The molecular weight excluding hydrogens is 356 g/mol. The van der Waals surface area contributed by atoms with Crippen molar-refractivity contribution in [3.63, 3.8) is 0 Å². The first-order valence-corrected chi connectivity index (χ1v) is 8.64. The number of anilines is 2. The van der Waals surface area contributed by atoms with Gasteiger partial charge in [-0.2, -0.15) is 0 Å². The first-order valence-electron chi connectivity index (χ1n) is 7.85. The van der Waals surface area contributed by atoms with Crippen molar-refractivity contribution in [1.82, 2.24) is 9.97 Å². The zero-order chi connectivity index (χ0) is 15.8. The average molecular weight is 375 g/mol. The van der Waals surface area contributed by atoms with Crippen LogP contribution in [0.5, 0.6) is 0 Å². The van der Waals surface area contributed by atoms with Crippen molar-refractivity contribution in [1.29, 1.82) is 0 Å². The van der Waals surface area contributed by atoms with Gasteiger partial charge in [0.25, 0.3) is 0 Å². The summed E-state index contributed by atoms with van der Waals surface area (Å²) in [5.74, 6) is 0. The predicted octanol–water partition coefficient (Wildman–Crippen LogP) is 2.61. The SMILES string of the molecule is N[C@@H]1CCCN(c2c(Br)cnc3[nH]cc(N4C=CN=CC4)c23)C1. The number of halogens is 1. The molecule has 120 valence electrons. The fourth-order valence-corrected chi connectivity index (χ4v) is 3.89. The van der Waals surface area contributed by atoms with E-state index in [2.05, 4.69) is 40.7 Å². The van der Waals surface area contributed by atoms with E-state index in [-0.39, 0.29) is 6.04 Å². The molecule has 0 aliphatic carbocycles. The number of rotatable bonds is 2. The lowest BCUT2D eigenvalue weighted by atomic mass is 10.1. The number of nitrogens with one attached hydrogen (secondary N) is 1. The number of piperidine rings is 1. The molecule has 2 aliphatic rings. The van der Waals surface area contributed by atoms with Gasteiger partial charge in [-0.15, -0.1) is 0 Å². The van der Waals surface area contributed by atoms with E-state index in [1.165, 1.54) is 5.69 Å². The van der Waals surface area contributed by atoms with Gasteiger partial charge in [0.1, 0.15) is 5.65 Å². The molecule has 0 aromatic carbocycles. The van der Waals surface area contributed by atoms with E-state index >= 15 is 0 Å². The summed E-state index contributed by atoms with van der Waals surface area (Å²) in [6.07, 6.45) is 11.8. The normalized spacial score (nSPS) is 21.4. The summed E-state index contributed by atoms with van der Waals surface area (Å²) in [5, 5.41) is 1.13. The van der Waals surface area contributed by atoms with Gasteiger partial charge in [-0.1, -0.05) is 0 Å². The molecule has 23 heavy (non-hydrogen) atoms. The summed E-state index contributed by atoms with van der Waals surface area (Å²) in [6, 6.07) is 0.225. The summed E-state index contributed by atoms with van der Waals surface area (Å²) >= 11 is 3.69. The quantitative estimate of drug-likeness (QED) is 0.847. The molecule has 0 saturated carbocycles. The zero-order valence-corrected chi connectivity index (χ0v) is 14.3. The Morgan fingerprint density at radius 2 is 2.30 bits per heavy atom. The van der Waals surface area contributed by atoms with Gasteiger partial charge in [0, 0.05) is 50.1 Å². The van der Waals surface area contributed by atoms with Crippen molar-refractivity contribution >= 4 is 44.6 Å². The van der Waals surface area contributed by atoms with E-state index in [1.54, 1.807) is 0 Å². The maximum Gasteiger partial charge on any atom is 0.141 e. The Morgan fingerprint density at radius 1 is 1.39 bits per heavy atom. The van der Waals surface area contributed by atoms with Crippen LogP contribution in [-0.4, -0.2) is 41.9 Å². The monoisotopic (exact) mass is 374 g/mol. The molecule has 3 N–H and O–H groups in total. The Kier molecular flexibility index (Phi) is 3.82. The van der Waals surface area contributed by atoms with Crippen LogP contribution in [0.4, 0.5) is 11.4 Å². The van der Waals surface area contributed by atoms with E-state index in [1.807, 2.05) is 31.0 Å². The standard InChI is InChI=1S/C16H19BrN6/c17-12-8-20-16-14(15(12)23-5-1-2-11(18)10-23)13(9-21-16)22-6-3-19-4-7-22/h3-4,6,8-9,11H,1-2,5,7,10,18H2,(H,20,21)/t11-/m1/s1. The second-order valence-corrected chi connectivity index (χ2v) is 6.84. The highest BCUT2D eigenvalue weighted by Gasteiger charge is 2.24. The number of hydrogen-bond donors (Lipinski definition) is 2. The van der Waals surface area contributed by atoms with Crippen LogP contribution in [0, 0.1) is 0 Å². The molecule has 0 bridgehead atoms. The lowest BCUT2D eigenvalue weighted by molar-refractivity contribution is 0.506. The topological polar surface area (TPSA) is 73.5 Å². The largest absolute Gasteiger partial charge is 0.368 e. The van der Waals surface area contributed by atoms with Gasteiger partial charge in [-0.25, -0.2) is 4.98 Å². The molecular formula is C16H19BrN6. The number of fused-ring (bicyclic) bond motifs is 1. The number of nitrogens with two attached hydrogens (primary N) is 1. The summed E-state index contributed by atoms with van der Waals surface area (Å²) < 4.78 is 1.01. The number of H-pyrrole nitrogens is 1. The van der Waals surface area contributed by atoms with Crippen LogP contribution in [0.25, 0.3) is 11.0 Å². The Balaban J connectivity index is 1.85. The third-order valence-corrected chi connectivity index (χ3v) is 4.99. The van der Waals surface area contributed by atoms with Gasteiger partial charge < -0.3 is 20.5 Å². The summed E-state index contributed by atoms with van der Waals surface area (Å²) in [4.78, 5) is 16.5. The van der Waals surface area contributed by atoms with Gasteiger partial charge in [0.05, 0.1) is 27.8 Å².